The summed E-state index contributed by atoms with van der Waals surface area (Å²) in [4.78, 5) is 2.31. The molecule has 0 aromatic heterocycles. The number of aliphatic hydroxyl groups is 2. The van der Waals surface area contributed by atoms with E-state index in [1.165, 1.54) is 0 Å². The first-order chi connectivity index (χ1) is 8.21. The van der Waals surface area contributed by atoms with Crippen molar-refractivity contribution in [2.24, 2.45) is 5.41 Å². The molecule has 0 aromatic carbocycles. The quantitative estimate of drug-likeness (QED) is 0.666. The van der Waals surface area contributed by atoms with E-state index in [0.29, 0.717) is 19.2 Å². The van der Waals surface area contributed by atoms with Crippen molar-refractivity contribution in [1.82, 2.24) is 4.90 Å². The maximum absolute atomic E-state index is 9.59. The average molecular weight is 245 g/mol. The summed E-state index contributed by atoms with van der Waals surface area (Å²) in [5.41, 5.74) is -0.113. The van der Waals surface area contributed by atoms with Crippen LogP contribution in [0.2, 0.25) is 0 Å². The SMILES string of the molecule is CCC(CC)N(CCO)CC1(CO)CCOC1. The summed E-state index contributed by atoms with van der Waals surface area (Å²) >= 11 is 0. The first-order valence-corrected chi connectivity index (χ1v) is 6.75. The highest BCUT2D eigenvalue weighted by Gasteiger charge is 2.37. The predicted octanol–water partition coefficient (Wildman–Crippen LogP) is 0.868. The second kappa shape index (κ2) is 7.31. The van der Waals surface area contributed by atoms with E-state index >= 15 is 0 Å². The first kappa shape index (κ1) is 14.9. The molecule has 1 fully saturated rings. The lowest BCUT2D eigenvalue weighted by molar-refractivity contribution is 0.0320. The Morgan fingerprint density at radius 3 is 2.41 bits per heavy atom. The highest BCUT2D eigenvalue weighted by molar-refractivity contribution is 4.87. The standard InChI is InChI=1S/C13H27NO3/c1-3-12(4-2)14(6-7-15)9-13(10-16)5-8-17-11-13/h12,15-16H,3-11H2,1-2H3. The molecule has 0 spiro atoms. The van der Waals surface area contributed by atoms with Crippen LogP contribution in [0.5, 0.6) is 0 Å². The molecule has 0 saturated carbocycles. The van der Waals surface area contributed by atoms with E-state index in [1.54, 1.807) is 0 Å². The molecule has 0 amide bonds. The van der Waals surface area contributed by atoms with Crippen LogP contribution in [0.25, 0.3) is 0 Å². The van der Waals surface area contributed by atoms with Crippen LogP contribution in [0.1, 0.15) is 33.1 Å². The summed E-state index contributed by atoms with van der Waals surface area (Å²) in [5, 5.41) is 18.8. The van der Waals surface area contributed by atoms with Gasteiger partial charge in [0.25, 0.3) is 0 Å². The van der Waals surface area contributed by atoms with E-state index in [4.69, 9.17) is 4.74 Å². The molecular formula is C13H27NO3. The fraction of sp³-hybridized carbons (Fsp3) is 1.00. The number of nitrogens with zero attached hydrogens (tertiary/aromatic N) is 1. The Labute approximate surface area is 105 Å². The van der Waals surface area contributed by atoms with Gasteiger partial charge in [-0.15, -0.1) is 0 Å². The molecule has 1 aliphatic rings. The Morgan fingerprint density at radius 1 is 1.29 bits per heavy atom. The van der Waals surface area contributed by atoms with Crippen molar-refractivity contribution >= 4 is 0 Å². The number of aliphatic hydroxyl groups excluding tert-OH is 2. The lowest BCUT2D eigenvalue weighted by atomic mass is 9.87. The topological polar surface area (TPSA) is 52.9 Å². The largest absolute Gasteiger partial charge is 0.396 e. The molecule has 1 atom stereocenters. The van der Waals surface area contributed by atoms with Gasteiger partial charge in [0.15, 0.2) is 0 Å². The van der Waals surface area contributed by atoms with Gasteiger partial charge in [-0.2, -0.15) is 0 Å². The van der Waals surface area contributed by atoms with Crippen LogP contribution in [0.3, 0.4) is 0 Å². The Bertz CT molecular complexity index is 201. The Balaban J connectivity index is 2.63. The monoisotopic (exact) mass is 245 g/mol. The number of rotatable bonds is 8. The van der Waals surface area contributed by atoms with E-state index in [2.05, 4.69) is 18.7 Å². The van der Waals surface area contributed by atoms with E-state index in [0.717, 1.165) is 32.4 Å². The summed E-state index contributed by atoms with van der Waals surface area (Å²) < 4.78 is 5.43. The van der Waals surface area contributed by atoms with Crippen LogP contribution in [-0.4, -0.2) is 60.7 Å². The third-order valence-corrected chi connectivity index (χ3v) is 3.90. The minimum atomic E-state index is -0.113. The molecule has 0 radical (unpaired) electrons. The molecule has 1 heterocycles. The Hall–Kier alpha value is -0.160. The minimum Gasteiger partial charge on any atom is -0.396 e. The maximum atomic E-state index is 9.59. The van der Waals surface area contributed by atoms with Gasteiger partial charge in [-0.05, 0) is 19.3 Å². The molecule has 0 bridgehead atoms. The molecule has 0 aliphatic carbocycles. The van der Waals surface area contributed by atoms with Crippen LogP contribution in [0, 0.1) is 5.41 Å². The number of hydrogen-bond acceptors (Lipinski definition) is 4. The van der Waals surface area contributed by atoms with Crippen molar-refractivity contribution in [3.63, 3.8) is 0 Å². The second-order valence-electron chi connectivity index (χ2n) is 5.13. The van der Waals surface area contributed by atoms with Gasteiger partial charge >= 0.3 is 0 Å². The molecule has 102 valence electrons. The van der Waals surface area contributed by atoms with Gasteiger partial charge in [0.05, 0.1) is 19.8 Å². The van der Waals surface area contributed by atoms with Gasteiger partial charge in [-0.25, -0.2) is 0 Å². The number of ether oxygens (including phenoxy) is 1. The molecule has 4 nitrogen and oxygen atoms in total. The zero-order valence-electron chi connectivity index (χ0n) is 11.2. The summed E-state index contributed by atoms with van der Waals surface area (Å²) in [6, 6.07) is 0.492. The maximum Gasteiger partial charge on any atom is 0.0558 e. The van der Waals surface area contributed by atoms with Gasteiger partial charge in [-0.1, -0.05) is 13.8 Å². The van der Waals surface area contributed by atoms with Crippen molar-refractivity contribution in [3.8, 4) is 0 Å². The summed E-state index contributed by atoms with van der Waals surface area (Å²) in [7, 11) is 0. The van der Waals surface area contributed by atoms with Gasteiger partial charge < -0.3 is 14.9 Å². The predicted molar refractivity (Wildman–Crippen MR) is 68.0 cm³/mol. The van der Waals surface area contributed by atoms with E-state index in [9.17, 15) is 10.2 Å². The van der Waals surface area contributed by atoms with Gasteiger partial charge in [0.1, 0.15) is 0 Å². The van der Waals surface area contributed by atoms with Gasteiger partial charge in [0, 0.05) is 31.2 Å². The molecule has 1 aliphatic heterocycles. The van der Waals surface area contributed by atoms with Crippen LogP contribution < -0.4 is 0 Å². The van der Waals surface area contributed by atoms with E-state index < -0.39 is 0 Å². The molecular weight excluding hydrogens is 218 g/mol. The highest BCUT2D eigenvalue weighted by atomic mass is 16.5. The molecule has 17 heavy (non-hydrogen) atoms. The second-order valence-corrected chi connectivity index (χ2v) is 5.13. The van der Waals surface area contributed by atoms with Crippen molar-refractivity contribution in [1.29, 1.82) is 0 Å². The smallest absolute Gasteiger partial charge is 0.0558 e. The fourth-order valence-corrected chi connectivity index (χ4v) is 2.70. The van der Waals surface area contributed by atoms with Crippen molar-refractivity contribution < 1.29 is 14.9 Å². The van der Waals surface area contributed by atoms with Crippen molar-refractivity contribution in [3.05, 3.63) is 0 Å². The number of hydrogen-bond donors (Lipinski definition) is 2. The van der Waals surface area contributed by atoms with Gasteiger partial charge in [0.2, 0.25) is 0 Å². The van der Waals surface area contributed by atoms with Gasteiger partial charge in [-0.3, -0.25) is 4.90 Å². The van der Waals surface area contributed by atoms with Crippen LogP contribution in [-0.2, 0) is 4.74 Å². The van der Waals surface area contributed by atoms with E-state index in [1.807, 2.05) is 0 Å². The first-order valence-electron chi connectivity index (χ1n) is 6.75. The Morgan fingerprint density at radius 2 is 2.00 bits per heavy atom. The summed E-state index contributed by atoms with van der Waals surface area (Å²) in [6.07, 6.45) is 3.09. The van der Waals surface area contributed by atoms with E-state index in [-0.39, 0.29) is 18.6 Å². The Kier molecular flexibility index (Phi) is 6.41. The fourth-order valence-electron chi connectivity index (χ4n) is 2.70. The molecule has 1 unspecified atom stereocenters. The highest BCUT2D eigenvalue weighted by Crippen LogP contribution is 2.30. The zero-order chi connectivity index (χ0) is 12.7. The van der Waals surface area contributed by atoms with Crippen LogP contribution in [0.15, 0.2) is 0 Å². The molecule has 1 rings (SSSR count). The minimum absolute atomic E-state index is 0.113. The zero-order valence-corrected chi connectivity index (χ0v) is 11.2. The molecule has 2 N–H and O–H groups in total. The summed E-state index contributed by atoms with van der Waals surface area (Å²) in [5.74, 6) is 0. The summed E-state index contributed by atoms with van der Waals surface area (Å²) in [6.45, 7) is 7.62. The third-order valence-electron chi connectivity index (χ3n) is 3.90. The normalized spacial score (nSPS) is 25.1. The average Bonchev–Trinajstić information content (AvgIpc) is 2.80. The lowest BCUT2D eigenvalue weighted by Crippen LogP contribution is -2.46. The van der Waals surface area contributed by atoms with Crippen molar-refractivity contribution in [2.45, 2.75) is 39.2 Å². The van der Waals surface area contributed by atoms with Crippen LogP contribution in [0.4, 0.5) is 0 Å². The molecule has 1 saturated heterocycles. The lowest BCUT2D eigenvalue weighted by Gasteiger charge is -2.37. The third kappa shape index (κ3) is 3.91. The van der Waals surface area contributed by atoms with Crippen LogP contribution >= 0.6 is 0 Å². The van der Waals surface area contributed by atoms with Crippen molar-refractivity contribution in [2.75, 3.05) is 39.5 Å². The molecule has 0 aromatic rings. The molecule has 4 heteroatoms.